The summed E-state index contributed by atoms with van der Waals surface area (Å²) in [4.78, 5) is 10.8. The number of aryl methyl sites for hydroxylation is 1. The van der Waals surface area contributed by atoms with Crippen molar-refractivity contribution in [3.63, 3.8) is 0 Å². The third kappa shape index (κ3) is 1.78. The van der Waals surface area contributed by atoms with Gasteiger partial charge in [-0.05, 0) is 12.1 Å². The summed E-state index contributed by atoms with van der Waals surface area (Å²) in [5.41, 5.74) is 0.580. The first-order valence-electron chi connectivity index (χ1n) is 4.30. The number of fused-ring (bicyclic) bond motifs is 1. The summed E-state index contributed by atoms with van der Waals surface area (Å²) in [6.07, 6.45) is 2.49. The quantitative estimate of drug-likeness (QED) is 0.843. The Morgan fingerprint density at radius 3 is 2.87 bits per heavy atom. The van der Waals surface area contributed by atoms with Crippen molar-refractivity contribution in [1.29, 1.82) is 0 Å². The van der Waals surface area contributed by atoms with Crippen LogP contribution in [0, 0.1) is 0 Å². The highest BCUT2D eigenvalue weighted by Crippen LogP contribution is 2.10. The maximum absolute atomic E-state index is 10.8. The minimum Gasteiger partial charge on any atom is -0.478 e. The summed E-state index contributed by atoms with van der Waals surface area (Å²) in [6, 6.07) is 3.20. The Morgan fingerprint density at radius 2 is 2.27 bits per heavy atom. The molecule has 0 unspecified atom stereocenters. The van der Waals surface area contributed by atoms with Crippen LogP contribution in [-0.2, 0) is 6.42 Å². The van der Waals surface area contributed by atoms with Crippen molar-refractivity contribution in [3.05, 3.63) is 29.7 Å². The van der Waals surface area contributed by atoms with Gasteiger partial charge in [0.25, 0.3) is 0 Å². The highest BCUT2D eigenvalue weighted by molar-refractivity contribution is 5.94. The lowest BCUT2D eigenvalue weighted by Crippen LogP contribution is -2.01. The van der Waals surface area contributed by atoms with Gasteiger partial charge in [0.05, 0.1) is 0 Å². The van der Waals surface area contributed by atoms with Crippen molar-refractivity contribution in [2.75, 3.05) is 0 Å². The first kappa shape index (κ1) is 11.5. The molecule has 0 aliphatic heterocycles. The monoisotopic (exact) mass is 227 g/mol. The number of hydrogen-bond acceptors (Lipinski definition) is 3. The first-order valence-corrected chi connectivity index (χ1v) is 4.30. The van der Waals surface area contributed by atoms with Crippen LogP contribution >= 0.6 is 12.4 Å². The molecule has 5 nitrogen and oxygen atoms in total. The zero-order valence-corrected chi connectivity index (χ0v) is 8.86. The number of aromatic nitrogens is 3. The van der Waals surface area contributed by atoms with Gasteiger partial charge in [0, 0.05) is 12.6 Å². The molecule has 0 radical (unpaired) electrons. The SMILES string of the molecule is CCc1nnc2c(C(=O)O)cccn12.Cl. The topological polar surface area (TPSA) is 67.5 Å². The molecule has 0 fully saturated rings. The average molecular weight is 228 g/mol. The molecule has 15 heavy (non-hydrogen) atoms. The second kappa shape index (κ2) is 4.27. The molecule has 0 saturated heterocycles. The summed E-state index contributed by atoms with van der Waals surface area (Å²) in [5, 5.41) is 16.6. The van der Waals surface area contributed by atoms with E-state index in [1.165, 1.54) is 6.07 Å². The van der Waals surface area contributed by atoms with Crippen molar-refractivity contribution < 1.29 is 9.90 Å². The Kier molecular flexibility index (Phi) is 3.26. The van der Waals surface area contributed by atoms with Crippen molar-refractivity contribution in [3.8, 4) is 0 Å². The molecule has 2 aromatic rings. The van der Waals surface area contributed by atoms with Gasteiger partial charge in [-0.25, -0.2) is 4.79 Å². The molecule has 2 rings (SSSR count). The molecule has 0 saturated carbocycles. The van der Waals surface area contributed by atoms with Gasteiger partial charge in [-0.1, -0.05) is 6.92 Å². The molecule has 0 aromatic carbocycles. The summed E-state index contributed by atoms with van der Waals surface area (Å²) in [6.45, 7) is 1.95. The fourth-order valence-electron chi connectivity index (χ4n) is 1.37. The van der Waals surface area contributed by atoms with Crippen LogP contribution in [0.5, 0.6) is 0 Å². The van der Waals surface area contributed by atoms with E-state index in [9.17, 15) is 4.79 Å². The number of rotatable bonds is 2. The Bertz CT molecular complexity index is 495. The van der Waals surface area contributed by atoms with Gasteiger partial charge in [-0.3, -0.25) is 4.40 Å². The second-order valence-corrected chi connectivity index (χ2v) is 2.89. The molecule has 0 spiro atoms. The average Bonchev–Trinajstić information content (AvgIpc) is 2.59. The van der Waals surface area contributed by atoms with Gasteiger partial charge < -0.3 is 5.11 Å². The van der Waals surface area contributed by atoms with E-state index in [1.807, 2.05) is 6.92 Å². The molecule has 80 valence electrons. The number of nitrogens with zero attached hydrogens (tertiary/aromatic N) is 3. The van der Waals surface area contributed by atoms with E-state index in [2.05, 4.69) is 10.2 Å². The molecule has 0 aliphatic carbocycles. The molecule has 0 amide bonds. The van der Waals surface area contributed by atoms with Crippen LogP contribution in [0.25, 0.3) is 5.65 Å². The minimum atomic E-state index is -0.981. The largest absolute Gasteiger partial charge is 0.478 e. The van der Waals surface area contributed by atoms with Crippen molar-refractivity contribution in [2.24, 2.45) is 0 Å². The number of carbonyl (C=O) groups is 1. The van der Waals surface area contributed by atoms with Crippen LogP contribution < -0.4 is 0 Å². The van der Waals surface area contributed by atoms with Crippen LogP contribution in [0.4, 0.5) is 0 Å². The molecule has 2 heterocycles. The lowest BCUT2D eigenvalue weighted by Gasteiger charge is -1.98. The molecule has 0 aliphatic rings. The van der Waals surface area contributed by atoms with E-state index in [-0.39, 0.29) is 18.0 Å². The van der Waals surface area contributed by atoms with Crippen molar-refractivity contribution >= 4 is 24.0 Å². The van der Waals surface area contributed by atoms with Gasteiger partial charge in [-0.2, -0.15) is 0 Å². The third-order valence-corrected chi connectivity index (χ3v) is 2.05. The third-order valence-electron chi connectivity index (χ3n) is 2.05. The molecular weight excluding hydrogens is 218 g/mol. The second-order valence-electron chi connectivity index (χ2n) is 2.89. The van der Waals surface area contributed by atoms with E-state index < -0.39 is 5.97 Å². The van der Waals surface area contributed by atoms with Crippen LogP contribution in [0.3, 0.4) is 0 Å². The minimum absolute atomic E-state index is 0. The Labute approximate surface area is 92.2 Å². The Balaban J connectivity index is 0.00000112. The van der Waals surface area contributed by atoms with E-state index in [4.69, 9.17) is 5.11 Å². The predicted octanol–water partition coefficient (Wildman–Crippen LogP) is 1.41. The molecule has 0 atom stereocenters. The molecule has 1 N–H and O–H groups in total. The van der Waals surface area contributed by atoms with Gasteiger partial charge in [-0.15, -0.1) is 22.6 Å². The van der Waals surface area contributed by atoms with Crippen molar-refractivity contribution in [2.45, 2.75) is 13.3 Å². The number of aromatic carboxylic acids is 1. The summed E-state index contributed by atoms with van der Waals surface area (Å²) in [7, 11) is 0. The Morgan fingerprint density at radius 1 is 1.53 bits per heavy atom. The van der Waals surface area contributed by atoms with E-state index >= 15 is 0 Å². The fourth-order valence-corrected chi connectivity index (χ4v) is 1.37. The summed E-state index contributed by atoms with van der Waals surface area (Å²) in [5.74, 6) is -0.214. The lowest BCUT2D eigenvalue weighted by atomic mass is 10.3. The summed E-state index contributed by atoms with van der Waals surface area (Å²) >= 11 is 0. The molecule has 0 bridgehead atoms. The fraction of sp³-hybridized carbons (Fsp3) is 0.222. The lowest BCUT2D eigenvalue weighted by molar-refractivity contribution is 0.0698. The van der Waals surface area contributed by atoms with Crippen LogP contribution in [-0.4, -0.2) is 25.7 Å². The van der Waals surface area contributed by atoms with Crippen LogP contribution in [0.2, 0.25) is 0 Å². The maximum Gasteiger partial charge on any atom is 0.339 e. The zero-order valence-electron chi connectivity index (χ0n) is 8.04. The Hall–Kier alpha value is -1.62. The number of pyridine rings is 1. The highest BCUT2D eigenvalue weighted by atomic mass is 35.5. The zero-order chi connectivity index (χ0) is 10.1. The maximum atomic E-state index is 10.8. The molecule has 2 aromatic heterocycles. The highest BCUT2D eigenvalue weighted by Gasteiger charge is 2.12. The van der Waals surface area contributed by atoms with Crippen LogP contribution in [0.15, 0.2) is 18.3 Å². The standard InChI is InChI=1S/C9H9N3O2.ClH/c1-2-7-10-11-8-6(9(13)14)4-3-5-12(7)8;/h3-5H,2H2,1H3,(H,13,14);1H. The van der Waals surface area contributed by atoms with Crippen molar-refractivity contribution in [1.82, 2.24) is 14.6 Å². The van der Waals surface area contributed by atoms with E-state index in [0.717, 1.165) is 12.2 Å². The predicted molar refractivity (Wildman–Crippen MR) is 56.6 cm³/mol. The molecule has 6 heteroatoms. The van der Waals surface area contributed by atoms with Crippen LogP contribution in [0.1, 0.15) is 23.1 Å². The van der Waals surface area contributed by atoms with Gasteiger partial charge in [0.2, 0.25) is 0 Å². The summed E-state index contributed by atoms with van der Waals surface area (Å²) < 4.78 is 1.70. The molecular formula is C9H10ClN3O2. The number of halogens is 1. The smallest absolute Gasteiger partial charge is 0.339 e. The van der Waals surface area contributed by atoms with E-state index in [1.54, 1.807) is 16.7 Å². The van der Waals surface area contributed by atoms with E-state index in [0.29, 0.717) is 5.65 Å². The number of hydrogen-bond donors (Lipinski definition) is 1. The van der Waals surface area contributed by atoms with Gasteiger partial charge in [0.15, 0.2) is 5.65 Å². The number of carboxylic acids is 1. The normalized spacial score (nSPS) is 9.93. The number of carboxylic acid groups (broad SMARTS) is 1. The first-order chi connectivity index (χ1) is 6.74. The van der Waals surface area contributed by atoms with Gasteiger partial charge >= 0.3 is 5.97 Å². The van der Waals surface area contributed by atoms with Gasteiger partial charge in [0.1, 0.15) is 11.4 Å².